The number of nitrogens with two attached hydrogens (primary N) is 1. The highest BCUT2D eigenvalue weighted by Gasteiger charge is 2.37. The van der Waals surface area contributed by atoms with Crippen LogP contribution >= 0.6 is 0 Å². The highest BCUT2D eigenvalue weighted by Crippen LogP contribution is 2.33. The molecule has 0 aromatic heterocycles. The Hall–Kier alpha value is -0.610. The molecule has 2 fully saturated rings. The van der Waals surface area contributed by atoms with E-state index in [4.69, 9.17) is 5.73 Å². The number of nitrogens with zero attached hydrogens (tertiary/aromatic N) is 1. The van der Waals surface area contributed by atoms with Gasteiger partial charge in [0.05, 0.1) is 6.10 Å². The predicted molar refractivity (Wildman–Crippen MR) is 61.8 cm³/mol. The van der Waals surface area contributed by atoms with Crippen LogP contribution in [-0.2, 0) is 4.79 Å². The third kappa shape index (κ3) is 2.38. The Morgan fingerprint density at radius 3 is 2.75 bits per heavy atom. The summed E-state index contributed by atoms with van der Waals surface area (Å²) in [6.45, 7) is 3.28. The minimum Gasteiger partial charge on any atom is -0.393 e. The molecule has 0 bridgehead atoms. The molecule has 1 saturated heterocycles. The number of likely N-dealkylation sites (tertiary alicyclic amines) is 1. The van der Waals surface area contributed by atoms with E-state index >= 15 is 0 Å². The normalized spacial score (nSPS) is 29.9. The Morgan fingerprint density at radius 1 is 1.62 bits per heavy atom. The molecule has 1 amide bonds. The van der Waals surface area contributed by atoms with Gasteiger partial charge < -0.3 is 15.7 Å². The van der Waals surface area contributed by atoms with Gasteiger partial charge in [0.15, 0.2) is 0 Å². The first-order valence-electron chi connectivity index (χ1n) is 6.25. The summed E-state index contributed by atoms with van der Waals surface area (Å²) in [6.07, 6.45) is 4.20. The maximum absolute atomic E-state index is 12.0. The first kappa shape index (κ1) is 11.9. The molecule has 4 heteroatoms. The van der Waals surface area contributed by atoms with E-state index in [0.29, 0.717) is 13.0 Å². The number of aliphatic hydroxyl groups is 1. The summed E-state index contributed by atoms with van der Waals surface area (Å²) in [6, 6.07) is 0. The fourth-order valence-electron chi connectivity index (χ4n) is 2.63. The molecular weight excluding hydrogens is 204 g/mol. The maximum atomic E-state index is 12.0. The van der Waals surface area contributed by atoms with E-state index in [2.05, 4.69) is 0 Å². The minimum atomic E-state index is -0.312. The van der Waals surface area contributed by atoms with Gasteiger partial charge in [0.2, 0.25) is 5.91 Å². The van der Waals surface area contributed by atoms with Crippen LogP contribution in [-0.4, -0.2) is 40.6 Å². The highest BCUT2D eigenvalue weighted by atomic mass is 16.3. The van der Waals surface area contributed by atoms with Crippen molar-refractivity contribution in [1.82, 2.24) is 4.90 Å². The average Bonchev–Trinajstić information content (AvgIpc) is 2.64. The second kappa shape index (κ2) is 4.34. The second-order valence-electron chi connectivity index (χ2n) is 5.52. The van der Waals surface area contributed by atoms with Crippen LogP contribution in [0.1, 0.15) is 39.0 Å². The molecule has 1 aliphatic carbocycles. The largest absolute Gasteiger partial charge is 0.393 e. The van der Waals surface area contributed by atoms with Gasteiger partial charge in [-0.15, -0.1) is 0 Å². The lowest BCUT2D eigenvalue weighted by atomic mass is 9.75. The van der Waals surface area contributed by atoms with E-state index in [-0.39, 0.29) is 23.5 Å². The molecule has 0 aromatic rings. The molecule has 1 heterocycles. The highest BCUT2D eigenvalue weighted by molar-refractivity contribution is 5.78. The van der Waals surface area contributed by atoms with Crippen LogP contribution in [0, 0.1) is 5.92 Å². The van der Waals surface area contributed by atoms with Crippen molar-refractivity contribution < 1.29 is 9.90 Å². The van der Waals surface area contributed by atoms with Gasteiger partial charge >= 0.3 is 0 Å². The Balaban J connectivity index is 1.82. The van der Waals surface area contributed by atoms with Crippen molar-refractivity contribution >= 4 is 5.91 Å². The number of aliphatic hydroxyl groups excluding tert-OH is 1. The maximum Gasteiger partial charge on any atom is 0.224 e. The van der Waals surface area contributed by atoms with Crippen LogP contribution in [0.25, 0.3) is 0 Å². The molecule has 2 unspecified atom stereocenters. The van der Waals surface area contributed by atoms with Crippen molar-refractivity contribution in [3.63, 3.8) is 0 Å². The van der Waals surface area contributed by atoms with Crippen molar-refractivity contribution in [3.8, 4) is 0 Å². The quantitative estimate of drug-likeness (QED) is 0.736. The Labute approximate surface area is 96.8 Å². The van der Waals surface area contributed by atoms with Gasteiger partial charge in [-0.1, -0.05) is 0 Å². The van der Waals surface area contributed by atoms with Crippen LogP contribution in [0.15, 0.2) is 0 Å². The molecule has 92 valence electrons. The number of amides is 1. The average molecular weight is 226 g/mol. The van der Waals surface area contributed by atoms with E-state index < -0.39 is 0 Å². The van der Waals surface area contributed by atoms with Gasteiger partial charge in [-0.05, 0) is 32.6 Å². The molecule has 16 heavy (non-hydrogen) atoms. The number of carbonyl (C=O) groups excluding carboxylic acids is 1. The van der Waals surface area contributed by atoms with E-state index in [1.54, 1.807) is 6.92 Å². The van der Waals surface area contributed by atoms with Gasteiger partial charge in [-0.2, -0.15) is 0 Å². The Bertz CT molecular complexity index is 274. The molecular formula is C12H22N2O2. The summed E-state index contributed by atoms with van der Waals surface area (Å²) in [5.74, 6) is 0.421. The van der Waals surface area contributed by atoms with Crippen molar-refractivity contribution in [2.75, 3.05) is 13.1 Å². The lowest BCUT2D eigenvalue weighted by Gasteiger charge is -2.38. The van der Waals surface area contributed by atoms with E-state index in [1.165, 1.54) is 0 Å². The molecule has 0 radical (unpaired) electrons. The molecule has 2 rings (SSSR count). The Morgan fingerprint density at radius 2 is 2.31 bits per heavy atom. The van der Waals surface area contributed by atoms with E-state index in [0.717, 1.165) is 32.2 Å². The van der Waals surface area contributed by atoms with Crippen molar-refractivity contribution in [1.29, 1.82) is 0 Å². The van der Waals surface area contributed by atoms with Crippen molar-refractivity contribution in [3.05, 3.63) is 0 Å². The van der Waals surface area contributed by atoms with Crippen molar-refractivity contribution in [2.24, 2.45) is 11.7 Å². The van der Waals surface area contributed by atoms with E-state index in [9.17, 15) is 9.90 Å². The van der Waals surface area contributed by atoms with Crippen LogP contribution in [0.4, 0.5) is 0 Å². The molecule has 0 spiro atoms. The SMILES string of the molecule is CC(O)C1CCN(C(=O)CC2(N)CCC2)C1. The molecule has 0 aromatic carbocycles. The summed E-state index contributed by atoms with van der Waals surface area (Å²) >= 11 is 0. The molecule has 2 aliphatic rings. The summed E-state index contributed by atoms with van der Waals surface area (Å²) in [5, 5.41) is 9.48. The van der Waals surface area contributed by atoms with Crippen LogP contribution < -0.4 is 5.73 Å². The lowest BCUT2D eigenvalue weighted by Crippen LogP contribution is -2.50. The first-order valence-corrected chi connectivity index (χ1v) is 6.25. The number of rotatable bonds is 3. The summed E-state index contributed by atoms with van der Waals surface area (Å²) in [5.41, 5.74) is 5.85. The summed E-state index contributed by atoms with van der Waals surface area (Å²) in [4.78, 5) is 13.9. The molecule has 2 atom stereocenters. The van der Waals surface area contributed by atoms with Crippen LogP contribution in [0.2, 0.25) is 0 Å². The zero-order valence-corrected chi connectivity index (χ0v) is 9.98. The summed E-state index contributed by atoms with van der Waals surface area (Å²) in [7, 11) is 0. The fourth-order valence-corrected chi connectivity index (χ4v) is 2.63. The van der Waals surface area contributed by atoms with Gasteiger partial charge in [-0.3, -0.25) is 4.79 Å². The standard InChI is InChI=1S/C12H22N2O2/c1-9(15)10-3-6-14(8-10)11(16)7-12(13)4-2-5-12/h9-10,15H,2-8,13H2,1H3. The topological polar surface area (TPSA) is 66.6 Å². The molecule has 1 saturated carbocycles. The monoisotopic (exact) mass is 226 g/mol. The van der Waals surface area contributed by atoms with Gasteiger partial charge in [0.1, 0.15) is 0 Å². The number of hydrogen-bond acceptors (Lipinski definition) is 3. The fraction of sp³-hybridized carbons (Fsp3) is 0.917. The number of carbonyl (C=O) groups is 1. The van der Waals surface area contributed by atoms with Gasteiger partial charge in [-0.25, -0.2) is 0 Å². The third-order valence-electron chi connectivity index (χ3n) is 4.11. The van der Waals surface area contributed by atoms with Crippen LogP contribution in [0.5, 0.6) is 0 Å². The zero-order valence-electron chi connectivity index (χ0n) is 9.98. The summed E-state index contributed by atoms with van der Waals surface area (Å²) < 4.78 is 0. The first-order chi connectivity index (χ1) is 7.50. The van der Waals surface area contributed by atoms with E-state index in [1.807, 2.05) is 4.90 Å². The molecule has 1 aliphatic heterocycles. The lowest BCUT2D eigenvalue weighted by molar-refractivity contribution is -0.132. The predicted octanol–water partition coefficient (Wildman–Crippen LogP) is 0.487. The molecule has 3 N–H and O–H groups in total. The van der Waals surface area contributed by atoms with Crippen LogP contribution in [0.3, 0.4) is 0 Å². The molecule has 4 nitrogen and oxygen atoms in total. The van der Waals surface area contributed by atoms with Gasteiger partial charge in [0, 0.05) is 31.0 Å². The Kier molecular flexibility index (Phi) is 3.22. The smallest absolute Gasteiger partial charge is 0.224 e. The number of hydrogen-bond donors (Lipinski definition) is 2. The zero-order chi connectivity index (χ0) is 11.8. The van der Waals surface area contributed by atoms with Gasteiger partial charge in [0.25, 0.3) is 0 Å². The minimum absolute atomic E-state index is 0.172. The van der Waals surface area contributed by atoms with Crippen molar-refractivity contribution in [2.45, 2.75) is 50.7 Å². The third-order valence-corrected chi connectivity index (χ3v) is 4.11. The second-order valence-corrected chi connectivity index (χ2v) is 5.52.